The van der Waals surface area contributed by atoms with Gasteiger partial charge in [-0.05, 0) is 25.7 Å². The topological polar surface area (TPSA) is 50.2 Å². The molecule has 1 aromatic heterocycles. The third-order valence-corrected chi connectivity index (χ3v) is 3.41. The number of nitrogens with one attached hydrogen (secondary N) is 1. The molecule has 5 heteroatoms. The molecule has 19 heavy (non-hydrogen) atoms. The van der Waals surface area contributed by atoms with Crippen molar-refractivity contribution in [1.82, 2.24) is 19.8 Å². The van der Waals surface area contributed by atoms with E-state index in [9.17, 15) is 4.79 Å². The first-order valence-corrected chi connectivity index (χ1v) is 6.88. The van der Waals surface area contributed by atoms with E-state index in [0.29, 0.717) is 6.04 Å². The molecule has 1 N–H and O–H groups in total. The lowest BCUT2D eigenvalue weighted by Crippen LogP contribution is -2.43. The first kappa shape index (κ1) is 13.6. The summed E-state index contributed by atoms with van der Waals surface area (Å²) in [7, 11) is 1.85. The Morgan fingerprint density at radius 3 is 3.11 bits per heavy atom. The Morgan fingerprint density at radius 1 is 1.53 bits per heavy atom. The van der Waals surface area contributed by atoms with Crippen LogP contribution in [0, 0.1) is 0 Å². The molecular formula is C14H22N4O. The highest BCUT2D eigenvalue weighted by atomic mass is 16.2. The van der Waals surface area contributed by atoms with E-state index in [1.807, 2.05) is 17.8 Å². The van der Waals surface area contributed by atoms with Crippen LogP contribution in [0.1, 0.15) is 25.7 Å². The van der Waals surface area contributed by atoms with Crippen molar-refractivity contribution in [3.63, 3.8) is 0 Å². The van der Waals surface area contributed by atoms with Gasteiger partial charge in [-0.2, -0.15) is 0 Å². The average molecular weight is 262 g/mol. The summed E-state index contributed by atoms with van der Waals surface area (Å²) in [5.41, 5.74) is 0. The molecule has 2 rings (SSSR count). The smallest absolute Gasteiger partial charge is 0.317 e. The molecule has 0 fully saturated rings. The zero-order chi connectivity index (χ0) is 13.5. The van der Waals surface area contributed by atoms with Gasteiger partial charge in [-0.15, -0.1) is 0 Å². The van der Waals surface area contributed by atoms with Crippen LogP contribution in [0.5, 0.6) is 0 Å². The highest BCUT2D eigenvalue weighted by Gasteiger charge is 2.15. The SMILES string of the molecule is CN(CCCn1ccnc1)C(=O)N[C@@H]1CC=CCC1. The number of aryl methyl sites for hydroxylation is 1. The average Bonchev–Trinajstić information content (AvgIpc) is 2.93. The molecule has 104 valence electrons. The molecule has 0 aliphatic heterocycles. The van der Waals surface area contributed by atoms with Crippen LogP contribution in [0.2, 0.25) is 0 Å². The summed E-state index contributed by atoms with van der Waals surface area (Å²) in [4.78, 5) is 17.7. The van der Waals surface area contributed by atoms with E-state index >= 15 is 0 Å². The first-order valence-electron chi connectivity index (χ1n) is 6.88. The molecule has 1 aliphatic rings. The Kier molecular flexibility index (Phi) is 5.01. The molecule has 5 nitrogen and oxygen atoms in total. The summed E-state index contributed by atoms with van der Waals surface area (Å²) in [6.45, 7) is 1.65. The Hall–Kier alpha value is -1.78. The van der Waals surface area contributed by atoms with E-state index in [4.69, 9.17) is 0 Å². The molecule has 1 aromatic rings. The van der Waals surface area contributed by atoms with Crippen LogP contribution in [0.4, 0.5) is 4.79 Å². The van der Waals surface area contributed by atoms with Gasteiger partial charge in [0.25, 0.3) is 0 Å². The third kappa shape index (κ3) is 4.43. The van der Waals surface area contributed by atoms with Gasteiger partial charge in [0.2, 0.25) is 0 Å². The second-order valence-corrected chi connectivity index (χ2v) is 5.01. The molecule has 1 atom stereocenters. The summed E-state index contributed by atoms with van der Waals surface area (Å²) in [6, 6.07) is 0.333. The molecule has 1 aliphatic carbocycles. The molecule has 0 saturated heterocycles. The quantitative estimate of drug-likeness (QED) is 0.825. The third-order valence-electron chi connectivity index (χ3n) is 3.41. The van der Waals surface area contributed by atoms with Gasteiger partial charge >= 0.3 is 6.03 Å². The molecule has 0 radical (unpaired) electrons. The number of rotatable bonds is 5. The number of aromatic nitrogens is 2. The summed E-state index contributed by atoms with van der Waals surface area (Å²) in [5, 5.41) is 3.08. The molecule has 0 aromatic carbocycles. The van der Waals surface area contributed by atoms with Crippen molar-refractivity contribution >= 4 is 6.03 Å². The second-order valence-electron chi connectivity index (χ2n) is 5.01. The van der Waals surface area contributed by atoms with Gasteiger partial charge in [0.05, 0.1) is 6.33 Å². The highest BCUT2D eigenvalue weighted by Crippen LogP contribution is 2.10. The van der Waals surface area contributed by atoms with Gasteiger partial charge in [-0.25, -0.2) is 9.78 Å². The Labute approximate surface area is 114 Å². The molecule has 0 saturated carbocycles. The lowest BCUT2D eigenvalue weighted by molar-refractivity contribution is 0.202. The van der Waals surface area contributed by atoms with Gasteiger partial charge in [-0.1, -0.05) is 12.2 Å². The molecule has 1 heterocycles. The van der Waals surface area contributed by atoms with E-state index in [2.05, 4.69) is 22.5 Å². The van der Waals surface area contributed by atoms with Crippen molar-refractivity contribution in [2.45, 2.75) is 38.3 Å². The van der Waals surface area contributed by atoms with E-state index in [1.54, 1.807) is 17.4 Å². The number of allylic oxidation sites excluding steroid dienone is 1. The Bertz CT molecular complexity index is 413. The maximum absolute atomic E-state index is 12.0. The fourth-order valence-corrected chi connectivity index (χ4v) is 2.22. The maximum atomic E-state index is 12.0. The number of imidazole rings is 1. The second kappa shape index (κ2) is 6.97. The normalized spacial score (nSPS) is 18.3. The van der Waals surface area contributed by atoms with E-state index in [1.165, 1.54) is 0 Å². The van der Waals surface area contributed by atoms with Crippen LogP contribution in [-0.4, -0.2) is 40.1 Å². The van der Waals surface area contributed by atoms with E-state index in [-0.39, 0.29) is 6.03 Å². The number of carbonyl (C=O) groups is 1. The van der Waals surface area contributed by atoms with Crippen molar-refractivity contribution in [2.24, 2.45) is 0 Å². The van der Waals surface area contributed by atoms with Gasteiger partial charge < -0.3 is 14.8 Å². The van der Waals surface area contributed by atoms with Gasteiger partial charge in [0, 0.05) is 38.6 Å². The lowest BCUT2D eigenvalue weighted by atomic mass is 10.0. The Balaban J connectivity index is 1.65. The zero-order valence-corrected chi connectivity index (χ0v) is 11.5. The van der Waals surface area contributed by atoms with Gasteiger partial charge in [0.1, 0.15) is 0 Å². The maximum Gasteiger partial charge on any atom is 0.317 e. The van der Waals surface area contributed by atoms with Crippen molar-refractivity contribution in [2.75, 3.05) is 13.6 Å². The van der Waals surface area contributed by atoms with Crippen molar-refractivity contribution in [3.05, 3.63) is 30.9 Å². The van der Waals surface area contributed by atoms with Crippen molar-refractivity contribution in [3.8, 4) is 0 Å². The van der Waals surface area contributed by atoms with Crippen molar-refractivity contribution < 1.29 is 4.79 Å². The minimum absolute atomic E-state index is 0.0333. The fourth-order valence-electron chi connectivity index (χ4n) is 2.22. The number of nitrogens with zero attached hydrogens (tertiary/aromatic N) is 3. The summed E-state index contributed by atoms with van der Waals surface area (Å²) >= 11 is 0. The summed E-state index contributed by atoms with van der Waals surface area (Å²) in [6.07, 6.45) is 13.8. The van der Waals surface area contributed by atoms with Crippen LogP contribution in [0.3, 0.4) is 0 Å². The highest BCUT2D eigenvalue weighted by molar-refractivity contribution is 5.74. The number of carbonyl (C=O) groups excluding carboxylic acids is 1. The molecule has 2 amide bonds. The van der Waals surface area contributed by atoms with Crippen LogP contribution < -0.4 is 5.32 Å². The predicted molar refractivity (Wildman–Crippen MR) is 74.8 cm³/mol. The number of hydrogen-bond acceptors (Lipinski definition) is 2. The van der Waals surface area contributed by atoms with E-state index < -0.39 is 0 Å². The molecule has 0 bridgehead atoms. The number of amides is 2. The van der Waals surface area contributed by atoms with Gasteiger partial charge in [0.15, 0.2) is 0 Å². The zero-order valence-electron chi connectivity index (χ0n) is 11.5. The minimum atomic E-state index is 0.0333. The predicted octanol–water partition coefficient (Wildman–Crippen LogP) is 2.02. The first-order chi connectivity index (χ1) is 9.25. The molecular weight excluding hydrogens is 240 g/mol. The minimum Gasteiger partial charge on any atom is -0.337 e. The van der Waals surface area contributed by atoms with Crippen LogP contribution in [0.25, 0.3) is 0 Å². The largest absolute Gasteiger partial charge is 0.337 e. The van der Waals surface area contributed by atoms with Crippen molar-refractivity contribution in [1.29, 1.82) is 0 Å². The molecule has 0 spiro atoms. The standard InChI is InChI=1S/C14H22N4O/c1-17(9-5-10-18-11-8-15-12-18)14(19)16-13-6-3-2-4-7-13/h2-3,8,11-13H,4-7,9-10H2,1H3,(H,16,19)/t13-/m1/s1. The summed E-state index contributed by atoms with van der Waals surface area (Å²) in [5.74, 6) is 0. The van der Waals surface area contributed by atoms with E-state index in [0.717, 1.165) is 38.8 Å². The Morgan fingerprint density at radius 2 is 2.42 bits per heavy atom. The van der Waals surface area contributed by atoms with Crippen LogP contribution in [-0.2, 0) is 6.54 Å². The fraction of sp³-hybridized carbons (Fsp3) is 0.571. The van der Waals surface area contributed by atoms with Gasteiger partial charge in [-0.3, -0.25) is 0 Å². The molecule has 0 unspecified atom stereocenters. The summed E-state index contributed by atoms with van der Waals surface area (Å²) < 4.78 is 2.03. The van der Waals surface area contributed by atoms with Crippen LogP contribution >= 0.6 is 0 Å². The lowest BCUT2D eigenvalue weighted by Gasteiger charge is -2.24. The number of hydrogen-bond donors (Lipinski definition) is 1. The monoisotopic (exact) mass is 262 g/mol. The van der Waals surface area contributed by atoms with Crippen LogP contribution in [0.15, 0.2) is 30.9 Å². The number of urea groups is 1.